The third-order valence-electron chi connectivity index (χ3n) is 2.73. The number of phosphoric ester groups is 1. The minimum absolute atomic E-state index is 0.359. The largest absolute Gasteiger partial charge is 0.620 e. The number of carbonyl (C=O) groups excluding carboxylic acids is 2. The summed E-state index contributed by atoms with van der Waals surface area (Å²) < 4.78 is 34.3. The molecular weight excluding hydrogens is 367 g/mol. The molecule has 0 fully saturated rings. The van der Waals surface area contributed by atoms with Crippen LogP contribution >= 0.6 is 7.82 Å². The van der Waals surface area contributed by atoms with Gasteiger partial charge < -0.3 is 18.5 Å². The molecular formula is C16H15O9P. The highest BCUT2D eigenvalue weighted by molar-refractivity contribution is 7.49. The molecule has 2 aromatic rings. The van der Waals surface area contributed by atoms with E-state index in [-0.39, 0.29) is 0 Å². The molecule has 26 heavy (non-hydrogen) atoms. The van der Waals surface area contributed by atoms with E-state index in [1.165, 1.54) is 0 Å². The summed E-state index contributed by atoms with van der Waals surface area (Å²) in [6, 6.07) is 16.5. The fourth-order valence-corrected chi connectivity index (χ4v) is 2.38. The first kappa shape index (κ1) is 19.5. The van der Waals surface area contributed by atoms with Crippen LogP contribution in [0.15, 0.2) is 60.7 Å². The molecule has 0 aromatic heterocycles. The Morgan fingerprint density at radius 3 is 1.50 bits per heavy atom. The molecule has 9 nitrogen and oxygen atoms in total. The number of benzene rings is 2. The van der Waals surface area contributed by atoms with Gasteiger partial charge in [-0.2, -0.15) is 0 Å². The Balaban J connectivity index is 1.81. The summed E-state index contributed by atoms with van der Waals surface area (Å²) in [5, 5.41) is 8.65. The van der Waals surface area contributed by atoms with E-state index < -0.39 is 33.0 Å². The number of hydrogen-bond acceptors (Lipinski definition) is 9. The van der Waals surface area contributed by atoms with Crippen molar-refractivity contribution in [2.75, 3.05) is 13.2 Å². The molecule has 0 radical (unpaired) electrons. The van der Waals surface area contributed by atoms with E-state index in [0.29, 0.717) is 11.5 Å². The Morgan fingerprint density at radius 1 is 0.769 bits per heavy atom. The first-order chi connectivity index (χ1) is 12.5. The van der Waals surface area contributed by atoms with E-state index in [2.05, 4.69) is 13.7 Å². The lowest BCUT2D eigenvalue weighted by Gasteiger charge is -2.14. The van der Waals surface area contributed by atoms with Crippen molar-refractivity contribution in [3.05, 3.63) is 60.7 Å². The van der Waals surface area contributed by atoms with Gasteiger partial charge in [-0.1, -0.05) is 36.4 Å². The van der Waals surface area contributed by atoms with Crippen LogP contribution in [0.25, 0.3) is 0 Å². The van der Waals surface area contributed by atoms with Crippen LogP contribution < -0.4 is 9.47 Å². The topological polar surface area (TPSA) is 118 Å². The van der Waals surface area contributed by atoms with Crippen molar-refractivity contribution in [3.8, 4) is 11.5 Å². The second kappa shape index (κ2) is 9.57. The number of para-hydroxylation sites is 2. The van der Waals surface area contributed by atoms with Crippen molar-refractivity contribution in [1.29, 1.82) is 0 Å². The molecule has 0 saturated carbocycles. The molecule has 0 atom stereocenters. The zero-order chi connectivity index (χ0) is 18.8. The van der Waals surface area contributed by atoms with Crippen molar-refractivity contribution in [2.45, 2.75) is 0 Å². The lowest BCUT2D eigenvalue weighted by molar-refractivity contribution is -0.177. The number of ether oxygens (including phenoxy) is 2. The van der Waals surface area contributed by atoms with E-state index in [9.17, 15) is 14.2 Å². The summed E-state index contributed by atoms with van der Waals surface area (Å²) in [7, 11) is -4.86. The van der Waals surface area contributed by atoms with Crippen LogP contribution in [0.3, 0.4) is 0 Å². The summed E-state index contributed by atoms with van der Waals surface area (Å²) in [5.74, 6) is -1.64. The fourth-order valence-electron chi connectivity index (χ4n) is 1.67. The van der Waals surface area contributed by atoms with Gasteiger partial charge in [0.15, 0.2) is 13.2 Å². The molecule has 138 valence electrons. The van der Waals surface area contributed by atoms with E-state index in [1.807, 2.05) is 0 Å². The van der Waals surface area contributed by atoms with Crippen LogP contribution in [-0.4, -0.2) is 30.4 Å². The fraction of sp³-hybridized carbons (Fsp3) is 0.125. The minimum Gasteiger partial charge on any atom is -0.482 e. The van der Waals surface area contributed by atoms with Gasteiger partial charge in [-0.25, -0.2) is 19.4 Å². The molecule has 1 N–H and O–H groups in total. The molecule has 0 bridgehead atoms. The maximum absolute atomic E-state index is 12.0. The Kier molecular flexibility index (Phi) is 7.16. The van der Waals surface area contributed by atoms with Crippen molar-refractivity contribution in [2.24, 2.45) is 0 Å². The Labute approximate surface area is 148 Å². The van der Waals surface area contributed by atoms with Gasteiger partial charge in [-0.05, 0) is 24.3 Å². The summed E-state index contributed by atoms with van der Waals surface area (Å²) in [6.45, 7) is -1.29. The maximum atomic E-state index is 12.0. The highest BCUT2D eigenvalue weighted by atomic mass is 31.2. The molecule has 0 aliphatic carbocycles. The van der Waals surface area contributed by atoms with Crippen LogP contribution in [0.1, 0.15) is 0 Å². The van der Waals surface area contributed by atoms with Crippen LogP contribution in [0.5, 0.6) is 11.5 Å². The standard InChI is InChI=1S/C16H15O9P/c17-15(11-21-13-7-3-1-4-8-13)23-26(20,25-19)24-16(18)12-22-14-9-5-2-6-10-14/h1-10,19H,11-12H2. The molecule has 0 aliphatic heterocycles. The molecule has 0 spiro atoms. The second-order valence-electron chi connectivity index (χ2n) is 4.66. The van der Waals surface area contributed by atoms with Crippen molar-refractivity contribution in [1.82, 2.24) is 0 Å². The molecule has 10 heteroatoms. The van der Waals surface area contributed by atoms with Gasteiger partial charge in [0.25, 0.3) is 0 Å². The highest BCUT2D eigenvalue weighted by Gasteiger charge is 2.36. The van der Waals surface area contributed by atoms with Crippen LogP contribution in [-0.2, 0) is 27.9 Å². The predicted molar refractivity (Wildman–Crippen MR) is 87.4 cm³/mol. The first-order valence-electron chi connectivity index (χ1n) is 7.24. The number of carbonyl (C=O) groups is 2. The SMILES string of the molecule is O=C(COc1ccccc1)OP(=O)(OO)OC(=O)COc1ccccc1. The lowest BCUT2D eigenvalue weighted by Crippen LogP contribution is -2.19. The predicted octanol–water partition coefficient (Wildman–Crippen LogP) is 2.83. The van der Waals surface area contributed by atoms with Gasteiger partial charge in [0.05, 0.1) is 0 Å². The van der Waals surface area contributed by atoms with Crippen LogP contribution in [0, 0.1) is 0 Å². The maximum Gasteiger partial charge on any atom is 0.620 e. The summed E-state index contributed by atoms with van der Waals surface area (Å²) in [6.07, 6.45) is 0. The first-order valence-corrected chi connectivity index (χ1v) is 8.70. The number of phosphoric acid groups is 1. The minimum atomic E-state index is -4.86. The van der Waals surface area contributed by atoms with Crippen molar-refractivity contribution >= 4 is 19.8 Å². The van der Waals surface area contributed by atoms with Gasteiger partial charge in [-0.15, -0.1) is 4.67 Å². The van der Waals surface area contributed by atoms with Crippen LogP contribution in [0.2, 0.25) is 0 Å². The average molecular weight is 382 g/mol. The summed E-state index contributed by atoms with van der Waals surface area (Å²) in [5.41, 5.74) is 0. The average Bonchev–Trinajstić information content (AvgIpc) is 2.66. The van der Waals surface area contributed by atoms with Gasteiger partial charge in [0, 0.05) is 0 Å². The molecule has 0 unspecified atom stereocenters. The van der Waals surface area contributed by atoms with Gasteiger partial charge in [0.1, 0.15) is 11.5 Å². The molecule has 2 rings (SSSR count). The quantitative estimate of drug-likeness (QED) is 0.397. The third-order valence-corrected chi connectivity index (χ3v) is 3.78. The van der Waals surface area contributed by atoms with Gasteiger partial charge in [0.2, 0.25) is 0 Å². The lowest BCUT2D eigenvalue weighted by atomic mass is 10.3. The summed E-state index contributed by atoms with van der Waals surface area (Å²) >= 11 is 0. The zero-order valence-electron chi connectivity index (χ0n) is 13.3. The zero-order valence-corrected chi connectivity index (χ0v) is 14.2. The van der Waals surface area contributed by atoms with E-state index in [4.69, 9.17) is 14.7 Å². The van der Waals surface area contributed by atoms with E-state index in [1.54, 1.807) is 60.7 Å². The second-order valence-corrected chi connectivity index (χ2v) is 6.08. The van der Waals surface area contributed by atoms with E-state index >= 15 is 0 Å². The Morgan fingerprint density at radius 2 is 1.15 bits per heavy atom. The number of hydrogen-bond donors (Lipinski definition) is 1. The number of rotatable bonds is 9. The Hall–Kier alpha value is -2.87. The van der Waals surface area contributed by atoms with E-state index in [0.717, 1.165) is 0 Å². The van der Waals surface area contributed by atoms with Crippen molar-refractivity contribution < 1.29 is 42.6 Å². The normalized spacial score (nSPS) is 10.7. The molecule has 0 aliphatic rings. The highest BCUT2D eigenvalue weighted by Crippen LogP contribution is 2.48. The molecule has 0 amide bonds. The Bertz CT molecular complexity index is 702. The summed E-state index contributed by atoms with van der Waals surface area (Å²) in [4.78, 5) is 23.2. The molecule has 0 saturated heterocycles. The van der Waals surface area contributed by atoms with Gasteiger partial charge in [-0.3, -0.25) is 0 Å². The smallest absolute Gasteiger partial charge is 0.482 e. The van der Waals surface area contributed by atoms with Crippen molar-refractivity contribution in [3.63, 3.8) is 0 Å². The third kappa shape index (κ3) is 6.56. The van der Waals surface area contributed by atoms with Gasteiger partial charge >= 0.3 is 19.8 Å². The molecule has 0 heterocycles. The molecule has 2 aromatic carbocycles. The van der Waals surface area contributed by atoms with Crippen LogP contribution in [0.4, 0.5) is 0 Å². The monoisotopic (exact) mass is 382 g/mol.